The molecule has 0 aromatic carbocycles. The first-order valence-electron chi connectivity index (χ1n) is 5.31. The van der Waals surface area contributed by atoms with Gasteiger partial charge < -0.3 is 14.5 Å². The molecule has 0 fully saturated rings. The number of hydrogen-bond acceptors (Lipinski definition) is 5. The van der Waals surface area contributed by atoms with Crippen LogP contribution in [0.25, 0.3) is 11.2 Å². The maximum Gasteiger partial charge on any atom is 0.244 e. The van der Waals surface area contributed by atoms with Gasteiger partial charge in [-0.1, -0.05) is 0 Å². The van der Waals surface area contributed by atoms with E-state index >= 15 is 0 Å². The topological polar surface area (TPSA) is 72.9 Å². The summed E-state index contributed by atoms with van der Waals surface area (Å²) in [6.45, 7) is 4.97. The molecule has 0 spiro atoms. The number of H-pyrrole nitrogens is 1. The molecule has 0 aliphatic rings. The molecule has 1 unspecified atom stereocenters. The molecule has 2 aromatic rings. The molecule has 92 valence electrons. The number of nitrogens with zero attached hydrogens (tertiary/aromatic N) is 3. The summed E-state index contributed by atoms with van der Waals surface area (Å²) in [5, 5.41) is 0.114. The van der Waals surface area contributed by atoms with Gasteiger partial charge in [0.05, 0.1) is 12.9 Å². The molecule has 1 N–H and O–H groups in total. The lowest BCUT2D eigenvalue weighted by molar-refractivity contribution is 0.0641. The number of aromatic nitrogens is 4. The second-order valence-electron chi connectivity index (χ2n) is 3.49. The molecule has 0 saturated heterocycles. The monoisotopic (exact) mass is 256 g/mol. The van der Waals surface area contributed by atoms with E-state index in [0.29, 0.717) is 30.3 Å². The molecule has 6 nitrogen and oxygen atoms in total. The van der Waals surface area contributed by atoms with Gasteiger partial charge in [0.1, 0.15) is 11.6 Å². The van der Waals surface area contributed by atoms with E-state index < -0.39 is 0 Å². The average molecular weight is 257 g/mol. The first-order valence-corrected chi connectivity index (χ1v) is 5.69. The summed E-state index contributed by atoms with van der Waals surface area (Å²) in [6, 6.07) is 0. The number of aromatic amines is 1. The molecule has 0 bridgehead atoms. The highest BCUT2D eigenvalue weighted by Crippen LogP contribution is 2.21. The minimum atomic E-state index is -0.118. The summed E-state index contributed by atoms with van der Waals surface area (Å²) >= 11 is 5.78. The molecule has 2 aromatic heterocycles. The lowest BCUT2D eigenvalue weighted by atomic mass is 10.4. The Labute approximate surface area is 103 Å². The third kappa shape index (κ3) is 2.83. The summed E-state index contributed by atoms with van der Waals surface area (Å²) in [5.41, 5.74) is 1.13. The molecule has 7 heteroatoms. The standard InChI is InChI=1S/C10H13ClN4O2/c1-3-16-4-6(2)17-9-7-8(13-5-12-7)14-10(11)15-9/h5-6H,3-4H2,1-2H3,(H,12,13,14,15). The van der Waals surface area contributed by atoms with Crippen molar-refractivity contribution in [3.8, 4) is 5.88 Å². The molecular weight excluding hydrogens is 244 g/mol. The summed E-state index contributed by atoms with van der Waals surface area (Å²) in [4.78, 5) is 14.9. The van der Waals surface area contributed by atoms with Crippen LogP contribution >= 0.6 is 11.6 Å². The van der Waals surface area contributed by atoms with Gasteiger partial charge in [0.15, 0.2) is 5.65 Å². The quantitative estimate of drug-likeness (QED) is 0.826. The van der Waals surface area contributed by atoms with Crippen molar-refractivity contribution in [3.05, 3.63) is 11.6 Å². The number of rotatable bonds is 5. The van der Waals surface area contributed by atoms with Crippen molar-refractivity contribution in [3.63, 3.8) is 0 Å². The van der Waals surface area contributed by atoms with Crippen molar-refractivity contribution >= 4 is 22.8 Å². The fourth-order valence-electron chi connectivity index (χ4n) is 1.37. The van der Waals surface area contributed by atoms with Crippen LogP contribution in [0, 0.1) is 0 Å². The predicted molar refractivity (Wildman–Crippen MR) is 63.3 cm³/mol. The summed E-state index contributed by atoms with van der Waals surface area (Å²) < 4.78 is 10.9. The number of imidazole rings is 1. The lowest BCUT2D eigenvalue weighted by Crippen LogP contribution is -2.20. The molecule has 0 saturated carbocycles. The minimum Gasteiger partial charge on any atom is -0.471 e. The van der Waals surface area contributed by atoms with Crippen LogP contribution in [-0.2, 0) is 4.74 Å². The normalized spacial score (nSPS) is 12.9. The van der Waals surface area contributed by atoms with Crippen LogP contribution in [0.15, 0.2) is 6.33 Å². The summed E-state index contributed by atoms with van der Waals surface area (Å²) in [6.07, 6.45) is 1.41. The largest absolute Gasteiger partial charge is 0.471 e. The summed E-state index contributed by atoms with van der Waals surface area (Å²) in [5.74, 6) is 0.393. The number of ether oxygens (including phenoxy) is 2. The molecule has 0 amide bonds. The van der Waals surface area contributed by atoms with Gasteiger partial charge in [-0.3, -0.25) is 0 Å². The Morgan fingerprint density at radius 2 is 2.29 bits per heavy atom. The molecular formula is C10H13ClN4O2. The van der Waals surface area contributed by atoms with E-state index in [2.05, 4.69) is 19.9 Å². The highest BCUT2D eigenvalue weighted by molar-refractivity contribution is 6.28. The van der Waals surface area contributed by atoms with E-state index in [0.717, 1.165) is 0 Å². The van der Waals surface area contributed by atoms with Crippen LogP contribution in [0.1, 0.15) is 13.8 Å². The van der Waals surface area contributed by atoms with Crippen LogP contribution in [0.2, 0.25) is 5.28 Å². The Hall–Kier alpha value is -1.40. The molecule has 1 atom stereocenters. The molecule has 17 heavy (non-hydrogen) atoms. The van der Waals surface area contributed by atoms with E-state index in [1.165, 1.54) is 6.33 Å². The zero-order valence-corrected chi connectivity index (χ0v) is 10.4. The highest BCUT2D eigenvalue weighted by Gasteiger charge is 2.13. The van der Waals surface area contributed by atoms with Gasteiger partial charge in [-0.25, -0.2) is 4.98 Å². The minimum absolute atomic E-state index is 0.114. The van der Waals surface area contributed by atoms with Crippen molar-refractivity contribution in [1.82, 2.24) is 19.9 Å². The molecule has 0 radical (unpaired) electrons. The number of hydrogen-bond donors (Lipinski definition) is 1. The predicted octanol–water partition coefficient (Wildman–Crippen LogP) is 1.81. The Kier molecular flexibility index (Phi) is 3.75. The van der Waals surface area contributed by atoms with Crippen molar-refractivity contribution in [2.45, 2.75) is 20.0 Å². The van der Waals surface area contributed by atoms with E-state index in [4.69, 9.17) is 21.1 Å². The van der Waals surface area contributed by atoms with Crippen LogP contribution in [0.5, 0.6) is 5.88 Å². The summed E-state index contributed by atoms with van der Waals surface area (Å²) in [7, 11) is 0. The van der Waals surface area contributed by atoms with Crippen LogP contribution in [-0.4, -0.2) is 39.3 Å². The zero-order valence-electron chi connectivity index (χ0n) is 9.61. The van der Waals surface area contributed by atoms with Crippen molar-refractivity contribution in [2.24, 2.45) is 0 Å². The van der Waals surface area contributed by atoms with Crippen LogP contribution < -0.4 is 4.74 Å². The fraction of sp³-hybridized carbons (Fsp3) is 0.500. The first kappa shape index (κ1) is 12.1. The fourth-order valence-corrected chi connectivity index (χ4v) is 1.53. The molecule has 2 rings (SSSR count). The second kappa shape index (κ2) is 5.29. The Morgan fingerprint density at radius 1 is 1.47 bits per heavy atom. The Morgan fingerprint density at radius 3 is 3.06 bits per heavy atom. The van der Waals surface area contributed by atoms with E-state index in [-0.39, 0.29) is 11.4 Å². The smallest absolute Gasteiger partial charge is 0.244 e. The SMILES string of the molecule is CCOCC(C)Oc1nc(Cl)nc2nc[nH]c12. The third-order valence-electron chi connectivity index (χ3n) is 2.09. The lowest BCUT2D eigenvalue weighted by Gasteiger charge is -2.13. The molecule has 2 heterocycles. The van der Waals surface area contributed by atoms with Gasteiger partial charge >= 0.3 is 0 Å². The van der Waals surface area contributed by atoms with E-state index in [1.807, 2.05) is 13.8 Å². The van der Waals surface area contributed by atoms with Crippen molar-refractivity contribution < 1.29 is 9.47 Å². The number of fused-ring (bicyclic) bond motifs is 1. The third-order valence-corrected chi connectivity index (χ3v) is 2.26. The molecule has 0 aliphatic heterocycles. The number of nitrogens with one attached hydrogen (secondary N) is 1. The van der Waals surface area contributed by atoms with Gasteiger partial charge in [-0.2, -0.15) is 9.97 Å². The van der Waals surface area contributed by atoms with Gasteiger partial charge in [0.2, 0.25) is 11.2 Å². The Bertz CT molecular complexity index is 502. The average Bonchev–Trinajstić information content (AvgIpc) is 2.74. The van der Waals surface area contributed by atoms with Crippen molar-refractivity contribution in [2.75, 3.05) is 13.2 Å². The van der Waals surface area contributed by atoms with Crippen LogP contribution in [0.3, 0.4) is 0 Å². The second-order valence-corrected chi connectivity index (χ2v) is 3.82. The zero-order chi connectivity index (χ0) is 12.3. The van der Waals surface area contributed by atoms with E-state index in [9.17, 15) is 0 Å². The molecule has 0 aliphatic carbocycles. The van der Waals surface area contributed by atoms with E-state index in [1.54, 1.807) is 0 Å². The number of halogens is 1. The van der Waals surface area contributed by atoms with Gasteiger partial charge in [0.25, 0.3) is 0 Å². The maximum atomic E-state index is 5.78. The first-order chi connectivity index (χ1) is 8.20. The van der Waals surface area contributed by atoms with Crippen molar-refractivity contribution in [1.29, 1.82) is 0 Å². The van der Waals surface area contributed by atoms with Crippen LogP contribution in [0.4, 0.5) is 0 Å². The maximum absolute atomic E-state index is 5.78. The van der Waals surface area contributed by atoms with Gasteiger partial charge in [0, 0.05) is 6.61 Å². The Balaban J connectivity index is 2.19. The highest BCUT2D eigenvalue weighted by atomic mass is 35.5. The van der Waals surface area contributed by atoms with Gasteiger partial charge in [-0.05, 0) is 25.4 Å². The van der Waals surface area contributed by atoms with Gasteiger partial charge in [-0.15, -0.1) is 0 Å².